The summed E-state index contributed by atoms with van der Waals surface area (Å²) in [5, 5.41) is 0. The number of primary amides is 1. The van der Waals surface area contributed by atoms with E-state index >= 15 is 0 Å². The van der Waals surface area contributed by atoms with Crippen LogP contribution in [-0.2, 0) is 17.5 Å². The van der Waals surface area contributed by atoms with E-state index in [2.05, 4.69) is 4.98 Å². The second kappa shape index (κ2) is 3.08. The third kappa shape index (κ3) is 2.46. The smallest absolute Gasteiger partial charge is 0.368 e. The molecule has 0 fully saturated rings. The molecule has 1 aromatic heterocycles. The maximum Gasteiger partial charge on any atom is 0.434 e. The Morgan fingerprint density at radius 2 is 2.23 bits per heavy atom. The van der Waals surface area contributed by atoms with E-state index in [1.807, 2.05) is 0 Å². The van der Waals surface area contributed by atoms with Crippen LogP contribution in [0.4, 0.5) is 13.2 Å². The minimum atomic E-state index is -4.48. The van der Waals surface area contributed by atoms with Crippen LogP contribution in [0.2, 0.25) is 0 Å². The van der Waals surface area contributed by atoms with Crippen molar-refractivity contribution in [2.75, 3.05) is 0 Å². The molecule has 0 atom stereocenters. The first-order chi connectivity index (χ1) is 5.89. The van der Waals surface area contributed by atoms with Crippen LogP contribution < -0.4 is 5.73 Å². The Hall–Kier alpha value is -1.53. The van der Waals surface area contributed by atoms with Crippen molar-refractivity contribution < 1.29 is 18.0 Å². The minimum Gasteiger partial charge on any atom is -0.368 e. The lowest BCUT2D eigenvalue weighted by molar-refractivity contribution is -0.141. The molecule has 72 valence electrons. The molecule has 0 aromatic carbocycles. The number of nitrogens with zero attached hydrogens (tertiary/aromatic N) is 2. The second-order valence-corrected chi connectivity index (χ2v) is 2.40. The zero-order valence-electron chi connectivity index (χ0n) is 6.38. The van der Waals surface area contributed by atoms with Crippen molar-refractivity contribution in [1.82, 2.24) is 9.55 Å². The molecule has 0 spiro atoms. The van der Waals surface area contributed by atoms with Gasteiger partial charge in [0.15, 0.2) is 5.69 Å². The Kier molecular flexibility index (Phi) is 2.26. The number of halogens is 3. The van der Waals surface area contributed by atoms with Crippen molar-refractivity contribution in [1.29, 1.82) is 0 Å². The highest BCUT2D eigenvalue weighted by Crippen LogP contribution is 2.27. The molecule has 13 heavy (non-hydrogen) atoms. The fourth-order valence-electron chi connectivity index (χ4n) is 0.773. The molecule has 0 aliphatic heterocycles. The number of amides is 1. The summed E-state index contributed by atoms with van der Waals surface area (Å²) < 4.78 is 36.8. The van der Waals surface area contributed by atoms with Gasteiger partial charge in [-0.2, -0.15) is 13.2 Å². The molecule has 1 aromatic rings. The number of aromatic nitrogens is 2. The van der Waals surface area contributed by atoms with Crippen LogP contribution in [0.25, 0.3) is 0 Å². The molecule has 4 nitrogen and oxygen atoms in total. The maximum absolute atomic E-state index is 11.9. The molecule has 0 aliphatic carbocycles. The third-order valence-corrected chi connectivity index (χ3v) is 1.26. The fourth-order valence-corrected chi connectivity index (χ4v) is 0.773. The van der Waals surface area contributed by atoms with Crippen LogP contribution in [0.3, 0.4) is 0 Å². The Morgan fingerprint density at radius 1 is 1.62 bits per heavy atom. The number of nitrogens with two attached hydrogens (primary N) is 1. The van der Waals surface area contributed by atoms with E-state index in [9.17, 15) is 18.0 Å². The summed E-state index contributed by atoms with van der Waals surface area (Å²) in [6, 6.07) is 0. The van der Waals surface area contributed by atoms with Gasteiger partial charge in [-0.15, -0.1) is 0 Å². The van der Waals surface area contributed by atoms with Crippen LogP contribution in [0.5, 0.6) is 0 Å². The molecule has 0 saturated heterocycles. The average molecular weight is 193 g/mol. The lowest BCUT2D eigenvalue weighted by Crippen LogP contribution is -2.17. The second-order valence-electron chi connectivity index (χ2n) is 2.40. The first kappa shape index (κ1) is 9.56. The van der Waals surface area contributed by atoms with Crippen molar-refractivity contribution in [2.45, 2.75) is 12.7 Å². The molecule has 0 radical (unpaired) electrons. The van der Waals surface area contributed by atoms with Gasteiger partial charge in [-0.1, -0.05) is 0 Å². The Bertz CT molecular complexity index is 317. The van der Waals surface area contributed by atoms with E-state index < -0.39 is 17.8 Å². The highest BCUT2D eigenvalue weighted by Gasteiger charge is 2.33. The highest BCUT2D eigenvalue weighted by atomic mass is 19.4. The SMILES string of the molecule is NC(=O)Cn1cnc(C(F)(F)F)c1. The van der Waals surface area contributed by atoms with Gasteiger partial charge in [0.25, 0.3) is 0 Å². The van der Waals surface area contributed by atoms with Gasteiger partial charge in [0.1, 0.15) is 6.54 Å². The standard InChI is InChI=1S/C6H6F3N3O/c7-6(8,9)4-1-12(3-11-4)2-5(10)13/h1,3H,2H2,(H2,10,13). The zero-order chi connectivity index (χ0) is 10.1. The Balaban J connectivity index is 2.81. The summed E-state index contributed by atoms with van der Waals surface area (Å²) in [5.74, 6) is -0.717. The van der Waals surface area contributed by atoms with Crippen molar-refractivity contribution in [2.24, 2.45) is 5.73 Å². The molecule has 0 saturated carbocycles. The molecular weight excluding hydrogens is 187 g/mol. The number of carbonyl (C=O) groups is 1. The quantitative estimate of drug-likeness (QED) is 0.738. The van der Waals surface area contributed by atoms with Crippen LogP contribution in [0.15, 0.2) is 12.5 Å². The normalized spacial score (nSPS) is 11.6. The molecular formula is C6H6F3N3O. The van der Waals surface area contributed by atoms with Gasteiger partial charge in [0.2, 0.25) is 5.91 Å². The molecule has 0 aliphatic rings. The first-order valence-corrected chi connectivity index (χ1v) is 3.27. The van der Waals surface area contributed by atoms with Crippen LogP contribution >= 0.6 is 0 Å². The van der Waals surface area contributed by atoms with E-state index in [0.29, 0.717) is 0 Å². The van der Waals surface area contributed by atoms with Gasteiger partial charge in [-0.25, -0.2) is 4.98 Å². The monoisotopic (exact) mass is 193 g/mol. The number of hydrogen-bond donors (Lipinski definition) is 1. The lowest BCUT2D eigenvalue weighted by Gasteiger charge is -1.99. The Labute approximate surface area is 71.2 Å². The summed E-state index contributed by atoms with van der Waals surface area (Å²) in [5.41, 5.74) is 3.74. The van der Waals surface area contributed by atoms with E-state index in [4.69, 9.17) is 5.73 Å². The largest absolute Gasteiger partial charge is 0.434 e. The first-order valence-electron chi connectivity index (χ1n) is 3.27. The fraction of sp³-hybridized carbons (Fsp3) is 0.333. The number of alkyl halides is 3. The molecule has 0 bridgehead atoms. The molecule has 2 N–H and O–H groups in total. The van der Waals surface area contributed by atoms with Crippen molar-refractivity contribution in [3.05, 3.63) is 18.2 Å². The highest BCUT2D eigenvalue weighted by molar-refractivity contribution is 5.73. The molecule has 0 unspecified atom stereocenters. The van der Waals surface area contributed by atoms with Gasteiger partial charge in [-0.3, -0.25) is 4.79 Å². The topological polar surface area (TPSA) is 60.9 Å². The molecule has 7 heteroatoms. The summed E-state index contributed by atoms with van der Waals surface area (Å²) in [6.07, 6.45) is -2.85. The van der Waals surface area contributed by atoms with Gasteiger partial charge >= 0.3 is 6.18 Å². The van der Waals surface area contributed by atoms with E-state index in [0.717, 1.165) is 17.1 Å². The van der Waals surface area contributed by atoms with Gasteiger partial charge < -0.3 is 10.3 Å². The average Bonchev–Trinajstić information content (AvgIpc) is 2.32. The molecule has 1 amide bonds. The van der Waals surface area contributed by atoms with Crippen LogP contribution in [0.1, 0.15) is 5.69 Å². The Morgan fingerprint density at radius 3 is 2.62 bits per heavy atom. The predicted molar refractivity (Wildman–Crippen MR) is 36.4 cm³/mol. The van der Waals surface area contributed by atoms with E-state index in [1.54, 1.807) is 0 Å². The molecule has 1 rings (SSSR count). The maximum atomic E-state index is 11.9. The van der Waals surface area contributed by atoms with Crippen molar-refractivity contribution >= 4 is 5.91 Å². The third-order valence-electron chi connectivity index (χ3n) is 1.26. The van der Waals surface area contributed by atoms with Crippen LogP contribution in [-0.4, -0.2) is 15.5 Å². The zero-order valence-corrected chi connectivity index (χ0v) is 6.38. The van der Waals surface area contributed by atoms with Gasteiger partial charge in [-0.05, 0) is 0 Å². The van der Waals surface area contributed by atoms with E-state index in [1.165, 1.54) is 0 Å². The number of hydrogen-bond acceptors (Lipinski definition) is 2. The van der Waals surface area contributed by atoms with Crippen LogP contribution in [0, 0.1) is 0 Å². The number of rotatable bonds is 2. The van der Waals surface area contributed by atoms with Gasteiger partial charge in [0, 0.05) is 6.20 Å². The minimum absolute atomic E-state index is 0.303. The van der Waals surface area contributed by atoms with Crippen molar-refractivity contribution in [3.63, 3.8) is 0 Å². The summed E-state index contributed by atoms with van der Waals surface area (Å²) in [7, 11) is 0. The predicted octanol–water partition coefficient (Wildman–Crippen LogP) is 0.387. The number of carbonyl (C=O) groups excluding carboxylic acids is 1. The lowest BCUT2D eigenvalue weighted by atomic mass is 10.5. The summed E-state index contributed by atoms with van der Waals surface area (Å²) >= 11 is 0. The molecule has 1 heterocycles. The summed E-state index contributed by atoms with van der Waals surface area (Å²) in [4.78, 5) is 13.4. The van der Waals surface area contributed by atoms with Gasteiger partial charge in [0.05, 0.1) is 6.33 Å². The van der Waals surface area contributed by atoms with E-state index in [-0.39, 0.29) is 6.54 Å². The van der Waals surface area contributed by atoms with Crippen molar-refractivity contribution in [3.8, 4) is 0 Å². The number of imidazole rings is 1. The summed E-state index contributed by atoms with van der Waals surface area (Å²) in [6.45, 7) is -0.303.